The van der Waals surface area contributed by atoms with E-state index in [4.69, 9.17) is 10.6 Å². The van der Waals surface area contributed by atoms with Crippen molar-refractivity contribution in [3.63, 3.8) is 0 Å². The maximum absolute atomic E-state index is 5.76. The van der Waals surface area contributed by atoms with Crippen molar-refractivity contribution in [3.8, 4) is 5.75 Å². The number of methoxy groups -OCH3 is 1. The number of hydrogen-bond donors (Lipinski definition) is 2. The first-order valence-corrected chi connectivity index (χ1v) is 7.58. The van der Waals surface area contributed by atoms with Gasteiger partial charge < -0.3 is 4.74 Å². The smallest absolute Gasteiger partial charge is 0.124 e. The van der Waals surface area contributed by atoms with E-state index in [1.807, 2.05) is 30.3 Å². The van der Waals surface area contributed by atoms with Crippen LogP contribution in [0.15, 0.2) is 46.9 Å². The number of hydrazine groups is 1. The van der Waals surface area contributed by atoms with Crippen LogP contribution in [0.1, 0.15) is 17.2 Å². The van der Waals surface area contributed by atoms with Gasteiger partial charge in [-0.25, -0.2) is 5.43 Å². The minimum Gasteiger partial charge on any atom is -0.496 e. The lowest BCUT2D eigenvalue weighted by molar-refractivity contribution is 0.404. The Labute approximate surface area is 134 Å². The highest BCUT2D eigenvalue weighted by atomic mass is 127. The lowest BCUT2D eigenvalue weighted by atomic mass is 9.98. The van der Waals surface area contributed by atoms with E-state index in [2.05, 4.69) is 56.1 Å². The molecule has 5 heteroatoms. The number of hydrogen-bond acceptors (Lipinski definition) is 3. The lowest BCUT2D eigenvalue weighted by Crippen LogP contribution is -2.29. The number of para-hydroxylation sites is 1. The van der Waals surface area contributed by atoms with Crippen LogP contribution in [-0.4, -0.2) is 7.11 Å². The summed E-state index contributed by atoms with van der Waals surface area (Å²) in [7, 11) is 1.66. The SMILES string of the molecule is COc1ccccc1C(NN)c1cc(Br)ccc1I. The number of benzene rings is 2. The number of nitrogens with one attached hydrogen (secondary N) is 1. The molecule has 2 rings (SSSR count). The summed E-state index contributed by atoms with van der Waals surface area (Å²) < 4.78 is 7.58. The highest BCUT2D eigenvalue weighted by molar-refractivity contribution is 14.1. The van der Waals surface area contributed by atoms with Gasteiger partial charge >= 0.3 is 0 Å². The molecule has 0 aliphatic carbocycles. The van der Waals surface area contributed by atoms with Crippen molar-refractivity contribution in [2.45, 2.75) is 6.04 Å². The van der Waals surface area contributed by atoms with Gasteiger partial charge in [-0.1, -0.05) is 34.1 Å². The van der Waals surface area contributed by atoms with Crippen LogP contribution in [0.5, 0.6) is 5.75 Å². The van der Waals surface area contributed by atoms with Crippen LogP contribution < -0.4 is 16.0 Å². The van der Waals surface area contributed by atoms with Gasteiger partial charge in [-0.05, 0) is 52.4 Å². The van der Waals surface area contributed by atoms with Crippen LogP contribution >= 0.6 is 38.5 Å². The Balaban J connectivity index is 2.53. The third-order valence-electron chi connectivity index (χ3n) is 2.89. The second kappa shape index (κ2) is 6.69. The topological polar surface area (TPSA) is 47.3 Å². The molecule has 2 aromatic rings. The van der Waals surface area contributed by atoms with E-state index in [1.54, 1.807) is 7.11 Å². The molecular formula is C14H14BrIN2O. The average molecular weight is 433 g/mol. The third-order valence-corrected chi connectivity index (χ3v) is 4.36. The Bertz CT molecular complexity index is 577. The molecule has 100 valence electrons. The lowest BCUT2D eigenvalue weighted by Gasteiger charge is -2.21. The van der Waals surface area contributed by atoms with E-state index in [1.165, 1.54) is 0 Å². The van der Waals surface area contributed by atoms with Crippen LogP contribution in [0, 0.1) is 3.57 Å². The standard InChI is InChI=1S/C14H14BrIN2O/c1-19-13-5-3-2-4-10(13)14(18-17)11-8-9(15)6-7-12(11)16/h2-8,14,18H,17H2,1H3. The van der Waals surface area contributed by atoms with E-state index in [-0.39, 0.29) is 6.04 Å². The molecule has 0 fully saturated rings. The van der Waals surface area contributed by atoms with E-state index in [9.17, 15) is 0 Å². The van der Waals surface area contributed by atoms with E-state index < -0.39 is 0 Å². The molecule has 0 aliphatic heterocycles. The third kappa shape index (κ3) is 3.28. The summed E-state index contributed by atoms with van der Waals surface area (Å²) in [6.45, 7) is 0. The molecule has 2 aromatic carbocycles. The van der Waals surface area contributed by atoms with Crippen molar-refractivity contribution in [2.24, 2.45) is 5.84 Å². The minimum absolute atomic E-state index is 0.111. The average Bonchev–Trinajstić information content (AvgIpc) is 2.44. The Morgan fingerprint density at radius 1 is 1.21 bits per heavy atom. The first-order chi connectivity index (χ1) is 9.17. The fourth-order valence-electron chi connectivity index (χ4n) is 1.99. The minimum atomic E-state index is -0.111. The highest BCUT2D eigenvalue weighted by Crippen LogP contribution is 2.33. The normalized spacial score (nSPS) is 12.2. The molecule has 0 heterocycles. The summed E-state index contributed by atoms with van der Waals surface area (Å²) in [5.74, 6) is 6.58. The van der Waals surface area contributed by atoms with Gasteiger partial charge in [0.2, 0.25) is 0 Å². The van der Waals surface area contributed by atoms with Crippen LogP contribution in [0.4, 0.5) is 0 Å². The van der Waals surface area contributed by atoms with Gasteiger partial charge in [0.25, 0.3) is 0 Å². The Kier molecular flexibility index (Phi) is 5.20. The number of rotatable bonds is 4. The zero-order valence-corrected chi connectivity index (χ0v) is 14.1. The van der Waals surface area contributed by atoms with Crippen LogP contribution in [-0.2, 0) is 0 Å². The van der Waals surface area contributed by atoms with Gasteiger partial charge in [-0.15, -0.1) is 0 Å². The summed E-state index contributed by atoms with van der Waals surface area (Å²) in [5.41, 5.74) is 5.00. The van der Waals surface area contributed by atoms with Gasteiger partial charge in [0, 0.05) is 13.6 Å². The molecular weight excluding hydrogens is 419 g/mol. The number of halogens is 2. The molecule has 3 N–H and O–H groups in total. The zero-order chi connectivity index (χ0) is 13.8. The molecule has 0 aliphatic rings. The van der Waals surface area contributed by atoms with Crippen molar-refractivity contribution in [3.05, 3.63) is 61.6 Å². The second-order valence-corrected chi connectivity index (χ2v) is 6.09. The Morgan fingerprint density at radius 2 is 1.95 bits per heavy atom. The van der Waals surface area contributed by atoms with Gasteiger partial charge in [0.15, 0.2) is 0 Å². The first kappa shape index (κ1) is 14.8. The molecule has 0 radical (unpaired) electrons. The molecule has 0 amide bonds. The summed E-state index contributed by atoms with van der Waals surface area (Å²) in [6, 6.07) is 13.9. The monoisotopic (exact) mass is 432 g/mol. The maximum atomic E-state index is 5.76. The fourth-order valence-corrected chi connectivity index (χ4v) is 3.01. The van der Waals surface area contributed by atoms with Crippen molar-refractivity contribution >= 4 is 38.5 Å². The van der Waals surface area contributed by atoms with Crippen LogP contribution in [0.2, 0.25) is 0 Å². The summed E-state index contributed by atoms with van der Waals surface area (Å²) in [5, 5.41) is 0. The molecule has 0 spiro atoms. The van der Waals surface area contributed by atoms with E-state index >= 15 is 0 Å². The fraction of sp³-hybridized carbons (Fsp3) is 0.143. The predicted octanol–water partition coefficient (Wildman–Crippen LogP) is 3.62. The molecule has 0 saturated heterocycles. The summed E-state index contributed by atoms with van der Waals surface area (Å²) >= 11 is 5.81. The maximum Gasteiger partial charge on any atom is 0.124 e. The van der Waals surface area contributed by atoms with Crippen molar-refractivity contribution in [1.29, 1.82) is 0 Å². The number of ether oxygens (including phenoxy) is 1. The quantitative estimate of drug-likeness (QED) is 0.440. The van der Waals surface area contributed by atoms with Crippen LogP contribution in [0.3, 0.4) is 0 Å². The molecule has 19 heavy (non-hydrogen) atoms. The van der Waals surface area contributed by atoms with Crippen molar-refractivity contribution in [2.75, 3.05) is 7.11 Å². The Morgan fingerprint density at radius 3 is 2.63 bits per heavy atom. The molecule has 0 aromatic heterocycles. The van der Waals surface area contributed by atoms with E-state index in [0.29, 0.717) is 0 Å². The highest BCUT2D eigenvalue weighted by Gasteiger charge is 2.19. The van der Waals surface area contributed by atoms with Crippen LogP contribution in [0.25, 0.3) is 0 Å². The van der Waals surface area contributed by atoms with Crippen molar-refractivity contribution < 1.29 is 4.74 Å². The van der Waals surface area contributed by atoms with E-state index in [0.717, 1.165) is 24.9 Å². The zero-order valence-electron chi connectivity index (χ0n) is 10.4. The van der Waals surface area contributed by atoms with Gasteiger partial charge in [-0.3, -0.25) is 5.84 Å². The summed E-state index contributed by atoms with van der Waals surface area (Å²) in [4.78, 5) is 0. The summed E-state index contributed by atoms with van der Waals surface area (Å²) in [6.07, 6.45) is 0. The van der Waals surface area contributed by atoms with Gasteiger partial charge in [0.05, 0.1) is 13.2 Å². The molecule has 0 bridgehead atoms. The first-order valence-electron chi connectivity index (χ1n) is 5.71. The largest absolute Gasteiger partial charge is 0.496 e. The Hall–Kier alpha value is -0.630. The van der Waals surface area contributed by atoms with Gasteiger partial charge in [0.1, 0.15) is 5.75 Å². The number of nitrogens with two attached hydrogens (primary N) is 1. The molecule has 0 saturated carbocycles. The van der Waals surface area contributed by atoms with Gasteiger partial charge in [-0.2, -0.15) is 0 Å². The second-order valence-electron chi connectivity index (χ2n) is 4.01. The molecule has 1 atom stereocenters. The van der Waals surface area contributed by atoms with Crippen molar-refractivity contribution in [1.82, 2.24) is 5.43 Å². The molecule has 1 unspecified atom stereocenters. The molecule has 3 nitrogen and oxygen atoms in total. The predicted molar refractivity (Wildman–Crippen MR) is 89.0 cm³/mol.